The Balaban J connectivity index is 1.74. The topological polar surface area (TPSA) is 79.7 Å². The number of pyridine rings is 1. The first kappa shape index (κ1) is 22.3. The molecule has 6 nitrogen and oxygen atoms in total. The molecule has 0 unspecified atom stereocenters. The van der Waals surface area contributed by atoms with Gasteiger partial charge in [-0.05, 0) is 47.4 Å². The van der Waals surface area contributed by atoms with Crippen LogP contribution in [0.15, 0.2) is 84.7 Å². The third-order valence-corrected chi connectivity index (χ3v) is 5.44. The van der Waals surface area contributed by atoms with Gasteiger partial charge in [0, 0.05) is 24.5 Å². The van der Waals surface area contributed by atoms with Crippen LogP contribution in [0.2, 0.25) is 0 Å². The first-order chi connectivity index (χ1) is 16.0. The molecule has 0 bridgehead atoms. The minimum absolute atomic E-state index is 0.0749. The molecule has 6 heteroatoms. The van der Waals surface area contributed by atoms with Gasteiger partial charge in [-0.25, -0.2) is 0 Å². The van der Waals surface area contributed by atoms with Crippen LogP contribution >= 0.6 is 0 Å². The smallest absolute Gasteiger partial charge is 0.295 e. The lowest BCUT2D eigenvalue weighted by Gasteiger charge is -2.25. The quantitative estimate of drug-likeness (QED) is 0.325. The molecule has 33 heavy (non-hydrogen) atoms. The number of likely N-dealkylation sites (tertiary alicyclic amines) is 1. The molecule has 0 radical (unpaired) electrons. The van der Waals surface area contributed by atoms with Crippen molar-refractivity contribution in [2.75, 3.05) is 6.61 Å². The molecular formula is C27H26N2O4. The fourth-order valence-electron chi connectivity index (χ4n) is 3.84. The summed E-state index contributed by atoms with van der Waals surface area (Å²) in [4.78, 5) is 31.7. The Hall–Kier alpha value is -3.93. The Morgan fingerprint density at radius 3 is 2.39 bits per heavy atom. The highest BCUT2D eigenvalue weighted by atomic mass is 16.5. The van der Waals surface area contributed by atoms with Gasteiger partial charge in [-0.2, -0.15) is 0 Å². The number of aromatic nitrogens is 1. The fraction of sp³-hybridized carbons (Fsp3) is 0.222. The number of nitrogens with zero attached hydrogens (tertiary/aromatic N) is 2. The number of rotatable bonds is 7. The van der Waals surface area contributed by atoms with Crippen molar-refractivity contribution in [2.45, 2.75) is 26.4 Å². The lowest BCUT2D eigenvalue weighted by molar-refractivity contribution is -0.140. The number of benzene rings is 2. The van der Waals surface area contributed by atoms with Crippen molar-refractivity contribution in [1.29, 1.82) is 0 Å². The van der Waals surface area contributed by atoms with Crippen molar-refractivity contribution in [3.05, 3.63) is 101 Å². The van der Waals surface area contributed by atoms with E-state index in [1.807, 2.05) is 36.4 Å². The van der Waals surface area contributed by atoms with Crippen LogP contribution in [-0.4, -0.2) is 33.3 Å². The molecule has 1 fully saturated rings. The summed E-state index contributed by atoms with van der Waals surface area (Å²) in [5, 5.41) is 11.2. The van der Waals surface area contributed by atoms with Gasteiger partial charge < -0.3 is 14.7 Å². The first-order valence-corrected chi connectivity index (χ1v) is 10.9. The molecule has 1 N–H and O–H groups in total. The van der Waals surface area contributed by atoms with Crippen LogP contribution in [0.3, 0.4) is 0 Å². The van der Waals surface area contributed by atoms with Crippen LogP contribution < -0.4 is 4.74 Å². The summed E-state index contributed by atoms with van der Waals surface area (Å²) >= 11 is 0. The highest BCUT2D eigenvalue weighted by molar-refractivity contribution is 6.46. The molecule has 1 aromatic heterocycles. The third kappa shape index (κ3) is 4.80. The molecule has 4 rings (SSSR count). The van der Waals surface area contributed by atoms with Gasteiger partial charge in [0.05, 0.1) is 18.2 Å². The standard InChI is InChI=1S/C27H26N2O4/c1-18(2)17-33-22-12-10-21(11-13-22)25(30)23-24(20-8-4-3-5-9-20)29(27(32)26(23)31)16-19-7-6-14-28-15-19/h3-15,18,24,30H,16-17H2,1-2H3/t24-/m0/s1. The maximum Gasteiger partial charge on any atom is 0.295 e. The Morgan fingerprint density at radius 1 is 1.03 bits per heavy atom. The van der Waals surface area contributed by atoms with Crippen molar-refractivity contribution < 1.29 is 19.4 Å². The molecule has 168 valence electrons. The highest BCUT2D eigenvalue weighted by Gasteiger charge is 2.46. The van der Waals surface area contributed by atoms with Crippen LogP contribution in [0.25, 0.3) is 5.76 Å². The number of ether oxygens (including phenoxy) is 1. The molecule has 1 atom stereocenters. The fourth-order valence-corrected chi connectivity index (χ4v) is 3.84. The number of hydrogen-bond acceptors (Lipinski definition) is 5. The Morgan fingerprint density at radius 2 is 1.76 bits per heavy atom. The van der Waals surface area contributed by atoms with Crippen molar-refractivity contribution in [3.63, 3.8) is 0 Å². The summed E-state index contributed by atoms with van der Waals surface area (Å²) in [6, 6.07) is 19.1. The van der Waals surface area contributed by atoms with E-state index in [0.29, 0.717) is 23.8 Å². The maximum atomic E-state index is 13.1. The van der Waals surface area contributed by atoms with E-state index in [1.165, 1.54) is 4.90 Å². The second-order valence-corrected chi connectivity index (χ2v) is 8.43. The Labute approximate surface area is 193 Å². The van der Waals surface area contributed by atoms with Gasteiger partial charge in [0.15, 0.2) is 0 Å². The second-order valence-electron chi connectivity index (χ2n) is 8.43. The van der Waals surface area contributed by atoms with Crippen LogP contribution in [0, 0.1) is 5.92 Å². The van der Waals surface area contributed by atoms with E-state index in [1.54, 1.807) is 42.7 Å². The number of hydrogen-bond donors (Lipinski definition) is 1. The van der Waals surface area contributed by atoms with Crippen molar-refractivity contribution in [3.8, 4) is 5.75 Å². The van der Waals surface area contributed by atoms with Gasteiger partial charge in [-0.15, -0.1) is 0 Å². The Bertz CT molecular complexity index is 1160. The second kappa shape index (κ2) is 9.69. The van der Waals surface area contributed by atoms with Crippen molar-refractivity contribution in [2.24, 2.45) is 5.92 Å². The lowest BCUT2D eigenvalue weighted by Crippen LogP contribution is -2.29. The molecular weight excluding hydrogens is 416 g/mol. The predicted molar refractivity (Wildman–Crippen MR) is 125 cm³/mol. The van der Waals surface area contributed by atoms with E-state index in [4.69, 9.17) is 4.74 Å². The zero-order chi connectivity index (χ0) is 23.4. The maximum absolute atomic E-state index is 13.1. The molecule has 0 spiro atoms. The zero-order valence-corrected chi connectivity index (χ0v) is 18.6. The summed E-state index contributed by atoms with van der Waals surface area (Å²) < 4.78 is 5.71. The van der Waals surface area contributed by atoms with E-state index in [2.05, 4.69) is 18.8 Å². The molecule has 3 aromatic rings. The van der Waals surface area contributed by atoms with Gasteiger partial charge in [-0.3, -0.25) is 14.6 Å². The molecule has 1 saturated heterocycles. The van der Waals surface area contributed by atoms with E-state index in [-0.39, 0.29) is 17.9 Å². The minimum atomic E-state index is -0.705. The predicted octanol–water partition coefficient (Wildman–Crippen LogP) is 4.74. The molecule has 2 heterocycles. The first-order valence-electron chi connectivity index (χ1n) is 10.9. The highest BCUT2D eigenvalue weighted by Crippen LogP contribution is 2.40. The number of carbonyl (C=O) groups excluding carboxylic acids is 2. The minimum Gasteiger partial charge on any atom is -0.507 e. The molecule has 0 aliphatic carbocycles. The zero-order valence-electron chi connectivity index (χ0n) is 18.6. The van der Waals surface area contributed by atoms with Gasteiger partial charge in [0.2, 0.25) is 0 Å². The van der Waals surface area contributed by atoms with Crippen LogP contribution in [-0.2, 0) is 16.1 Å². The lowest BCUT2D eigenvalue weighted by atomic mass is 9.95. The number of aliphatic hydroxyl groups excluding tert-OH is 1. The summed E-state index contributed by atoms with van der Waals surface area (Å²) in [7, 11) is 0. The van der Waals surface area contributed by atoms with Gasteiger partial charge in [0.25, 0.3) is 11.7 Å². The number of amides is 1. The molecule has 1 aliphatic rings. The van der Waals surface area contributed by atoms with Crippen molar-refractivity contribution in [1.82, 2.24) is 9.88 Å². The Kier molecular flexibility index (Phi) is 6.54. The normalized spacial score (nSPS) is 17.5. The molecule has 2 aromatic carbocycles. The number of Topliss-reactive ketones (excluding diaryl/α,β-unsaturated/α-hetero) is 1. The largest absolute Gasteiger partial charge is 0.507 e. The summed E-state index contributed by atoms with van der Waals surface area (Å²) in [6.07, 6.45) is 3.32. The van der Waals surface area contributed by atoms with Gasteiger partial charge in [-0.1, -0.05) is 50.2 Å². The number of ketones is 1. The summed E-state index contributed by atoms with van der Waals surface area (Å²) in [6.45, 7) is 4.91. The number of aliphatic hydroxyl groups is 1. The van der Waals surface area contributed by atoms with Gasteiger partial charge in [0.1, 0.15) is 11.5 Å². The van der Waals surface area contributed by atoms with Gasteiger partial charge >= 0.3 is 0 Å². The van der Waals surface area contributed by atoms with E-state index >= 15 is 0 Å². The third-order valence-electron chi connectivity index (χ3n) is 5.44. The SMILES string of the molecule is CC(C)COc1ccc(C(O)=C2C(=O)C(=O)N(Cc3cccnc3)[C@H]2c2ccccc2)cc1. The monoisotopic (exact) mass is 442 g/mol. The van der Waals surface area contributed by atoms with Crippen LogP contribution in [0.4, 0.5) is 0 Å². The molecule has 1 amide bonds. The average molecular weight is 443 g/mol. The molecule has 0 saturated carbocycles. The van der Waals surface area contributed by atoms with Crippen LogP contribution in [0.1, 0.15) is 36.6 Å². The molecule has 1 aliphatic heterocycles. The van der Waals surface area contributed by atoms with E-state index in [0.717, 1.165) is 11.1 Å². The average Bonchev–Trinajstić information content (AvgIpc) is 3.09. The van der Waals surface area contributed by atoms with Crippen molar-refractivity contribution >= 4 is 17.4 Å². The van der Waals surface area contributed by atoms with E-state index in [9.17, 15) is 14.7 Å². The summed E-state index contributed by atoms with van der Waals surface area (Å²) in [5.74, 6) is -0.487. The van der Waals surface area contributed by atoms with Crippen LogP contribution in [0.5, 0.6) is 5.75 Å². The number of carbonyl (C=O) groups is 2. The van der Waals surface area contributed by atoms with E-state index < -0.39 is 17.7 Å². The summed E-state index contributed by atoms with van der Waals surface area (Å²) in [5.41, 5.74) is 2.07.